The number of ether oxygens (including phenoxy) is 1. The van der Waals surface area contributed by atoms with Gasteiger partial charge in [0.25, 0.3) is 0 Å². The summed E-state index contributed by atoms with van der Waals surface area (Å²) in [4.78, 5) is 22.3. The van der Waals surface area contributed by atoms with E-state index in [2.05, 4.69) is 10.1 Å². The SMILES string of the molecule is CCOC(=O)CNC(=O)C1CC=CC1. The molecule has 0 heterocycles. The molecule has 0 fully saturated rings. The largest absolute Gasteiger partial charge is 0.465 e. The topological polar surface area (TPSA) is 55.4 Å². The number of hydrogen-bond acceptors (Lipinski definition) is 3. The highest BCUT2D eigenvalue weighted by atomic mass is 16.5. The van der Waals surface area contributed by atoms with Gasteiger partial charge in [-0.2, -0.15) is 0 Å². The normalized spacial score (nSPS) is 15.5. The number of allylic oxidation sites excluding steroid dienone is 2. The predicted molar refractivity (Wildman–Crippen MR) is 51.5 cm³/mol. The zero-order valence-electron chi connectivity index (χ0n) is 8.29. The van der Waals surface area contributed by atoms with Gasteiger partial charge in [0, 0.05) is 5.92 Å². The first kappa shape index (κ1) is 10.8. The monoisotopic (exact) mass is 197 g/mol. The first-order valence-electron chi connectivity index (χ1n) is 4.82. The van der Waals surface area contributed by atoms with Crippen molar-refractivity contribution in [1.29, 1.82) is 0 Å². The van der Waals surface area contributed by atoms with E-state index in [0.717, 1.165) is 12.8 Å². The van der Waals surface area contributed by atoms with E-state index in [0.29, 0.717) is 6.61 Å². The third-order valence-electron chi connectivity index (χ3n) is 2.09. The smallest absolute Gasteiger partial charge is 0.325 e. The van der Waals surface area contributed by atoms with Crippen molar-refractivity contribution in [3.63, 3.8) is 0 Å². The predicted octanol–water partition coefficient (Wildman–Crippen LogP) is 0.632. The van der Waals surface area contributed by atoms with Crippen LogP contribution in [0.1, 0.15) is 19.8 Å². The summed E-state index contributed by atoms with van der Waals surface area (Å²) in [6, 6.07) is 0. The number of carbonyl (C=O) groups excluding carboxylic acids is 2. The fraction of sp³-hybridized carbons (Fsp3) is 0.600. The molecule has 4 heteroatoms. The third kappa shape index (κ3) is 3.20. The molecule has 1 amide bonds. The molecule has 1 rings (SSSR count). The van der Waals surface area contributed by atoms with Crippen molar-refractivity contribution in [3.05, 3.63) is 12.2 Å². The van der Waals surface area contributed by atoms with Gasteiger partial charge in [0.2, 0.25) is 5.91 Å². The van der Waals surface area contributed by atoms with Crippen LogP contribution >= 0.6 is 0 Å². The average Bonchev–Trinajstić information content (AvgIpc) is 2.67. The van der Waals surface area contributed by atoms with Gasteiger partial charge in [-0.05, 0) is 19.8 Å². The van der Waals surface area contributed by atoms with Crippen LogP contribution in [0.15, 0.2) is 12.2 Å². The van der Waals surface area contributed by atoms with Crippen LogP contribution in [-0.2, 0) is 14.3 Å². The molecule has 0 saturated carbocycles. The average molecular weight is 197 g/mol. The van der Waals surface area contributed by atoms with Gasteiger partial charge in [-0.25, -0.2) is 0 Å². The Hall–Kier alpha value is -1.32. The van der Waals surface area contributed by atoms with Crippen molar-refractivity contribution in [3.8, 4) is 0 Å². The van der Waals surface area contributed by atoms with E-state index >= 15 is 0 Å². The van der Waals surface area contributed by atoms with Crippen LogP contribution in [0.25, 0.3) is 0 Å². The number of rotatable bonds is 4. The summed E-state index contributed by atoms with van der Waals surface area (Å²) in [5, 5.41) is 2.56. The van der Waals surface area contributed by atoms with Crippen LogP contribution in [-0.4, -0.2) is 25.0 Å². The molecular weight excluding hydrogens is 182 g/mol. The highest BCUT2D eigenvalue weighted by molar-refractivity contribution is 5.84. The number of amides is 1. The molecule has 0 radical (unpaired) electrons. The van der Waals surface area contributed by atoms with Crippen LogP contribution in [0.5, 0.6) is 0 Å². The minimum Gasteiger partial charge on any atom is -0.465 e. The summed E-state index contributed by atoms with van der Waals surface area (Å²) in [7, 11) is 0. The van der Waals surface area contributed by atoms with E-state index in [1.165, 1.54) is 0 Å². The van der Waals surface area contributed by atoms with E-state index in [9.17, 15) is 9.59 Å². The highest BCUT2D eigenvalue weighted by Gasteiger charge is 2.19. The lowest BCUT2D eigenvalue weighted by Gasteiger charge is -2.09. The lowest BCUT2D eigenvalue weighted by Crippen LogP contribution is -2.34. The van der Waals surface area contributed by atoms with Crippen molar-refractivity contribution < 1.29 is 14.3 Å². The molecule has 78 valence electrons. The van der Waals surface area contributed by atoms with Gasteiger partial charge in [-0.3, -0.25) is 9.59 Å². The van der Waals surface area contributed by atoms with Crippen molar-refractivity contribution in [2.24, 2.45) is 5.92 Å². The van der Waals surface area contributed by atoms with Crippen LogP contribution in [0.4, 0.5) is 0 Å². The summed E-state index contributed by atoms with van der Waals surface area (Å²) in [5.41, 5.74) is 0. The summed E-state index contributed by atoms with van der Waals surface area (Å²) in [6.07, 6.45) is 5.51. The molecule has 0 aliphatic heterocycles. The van der Waals surface area contributed by atoms with Crippen LogP contribution in [0, 0.1) is 5.92 Å². The first-order valence-corrected chi connectivity index (χ1v) is 4.82. The molecule has 0 bridgehead atoms. The molecule has 14 heavy (non-hydrogen) atoms. The Kier molecular flexibility index (Phi) is 4.16. The second-order valence-electron chi connectivity index (χ2n) is 3.16. The molecule has 0 unspecified atom stereocenters. The Balaban J connectivity index is 2.17. The molecule has 1 N–H and O–H groups in total. The van der Waals surface area contributed by atoms with Crippen molar-refractivity contribution >= 4 is 11.9 Å². The standard InChI is InChI=1S/C10H15NO3/c1-2-14-9(12)7-11-10(13)8-5-3-4-6-8/h3-4,8H,2,5-7H2,1H3,(H,11,13). The lowest BCUT2D eigenvalue weighted by atomic mass is 10.1. The minimum absolute atomic E-state index is 0.00410. The van der Waals surface area contributed by atoms with Crippen LogP contribution in [0.3, 0.4) is 0 Å². The maximum atomic E-state index is 11.4. The Labute approximate surface area is 83.3 Å². The number of carbonyl (C=O) groups is 2. The maximum absolute atomic E-state index is 11.4. The molecule has 1 aliphatic rings. The minimum atomic E-state index is -0.383. The van der Waals surface area contributed by atoms with E-state index in [1.807, 2.05) is 12.2 Å². The zero-order chi connectivity index (χ0) is 10.4. The third-order valence-corrected chi connectivity index (χ3v) is 2.09. The first-order chi connectivity index (χ1) is 6.74. The lowest BCUT2D eigenvalue weighted by molar-refractivity contribution is -0.143. The van der Waals surface area contributed by atoms with E-state index in [4.69, 9.17) is 0 Å². The molecule has 0 saturated heterocycles. The summed E-state index contributed by atoms with van der Waals surface area (Å²) in [6.45, 7) is 2.06. The van der Waals surface area contributed by atoms with Gasteiger partial charge >= 0.3 is 5.97 Å². The van der Waals surface area contributed by atoms with Crippen molar-refractivity contribution in [2.75, 3.05) is 13.2 Å². The Morgan fingerprint density at radius 2 is 2.07 bits per heavy atom. The molecule has 0 aromatic heterocycles. The summed E-state index contributed by atoms with van der Waals surface area (Å²) in [5.74, 6) is -0.445. The summed E-state index contributed by atoms with van der Waals surface area (Å²) < 4.78 is 4.69. The van der Waals surface area contributed by atoms with Crippen molar-refractivity contribution in [2.45, 2.75) is 19.8 Å². The van der Waals surface area contributed by atoms with Gasteiger partial charge < -0.3 is 10.1 Å². The van der Waals surface area contributed by atoms with E-state index < -0.39 is 0 Å². The molecular formula is C10H15NO3. The van der Waals surface area contributed by atoms with Gasteiger partial charge in [0.1, 0.15) is 6.54 Å². The molecule has 0 spiro atoms. The Bertz CT molecular complexity index is 240. The van der Waals surface area contributed by atoms with E-state index in [-0.39, 0.29) is 24.3 Å². The van der Waals surface area contributed by atoms with Crippen LogP contribution in [0.2, 0.25) is 0 Å². The van der Waals surface area contributed by atoms with Gasteiger partial charge in [0.15, 0.2) is 0 Å². The molecule has 0 aromatic carbocycles. The number of hydrogen-bond donors (Lipinski definition) is 1. The number of esters is 1. The van der Waals surface area contributed by atoms with E-state index in [1.54, 1.807) is 6.92 Å². The van der Waals surface area contributed by atoms with Crippen LogP contribution < -0.4 is 5.32 Å². The highest BCUT2D eigenvalue weighted by Crippen LogP contribution is 2.17. The second kappa shape index (κ2) is 5.42. The molecule has 0 atom stereocenters. The molecule has 4 nitrogen and oxygen atoms in total. The Morgan fingerprint density at radius 3 is 2.64 bits per heavy atom. The fourth-order valence-corrected chi connectivity index (χ4v) is 1.35. The van der Waals surface area contributed by atoms with Gasteiger partial charge in [-0.1, -0.05) is 12.2 Å². The zero-order valence-corrected chi connectivity index (χ0v) is 8.29. The molecule has 0 aromatic rings. The second-order valence-corrected chi connectivity index (χ2v) is 3.16. The fourth-order valence-electron chi connectivity index (χ4n) is 1.35. The molecule has 1 aliphatic carbocycles. The summed E-state index contributed by atoms with van der Waals surface area (Å²) >= 11 is 0. The quantitative estimate of drug-likeness (QED) is 0.531. The van der Waals surface area contributed by atoms with Crippen molar-refractivity contribution in [1.82, 2.24) is 5.32 Å². The van der Waals surface area contributed by atoms with Gasteiger partial charge in [0.05, 0.1) is 6.61 Å². The Morgan fingerprint density at radius 1 is 1.43 bits per heavy atom. The van der Waals surface area contributed by atoms with Gasteiger partial charge in [-0.15, -0.1) is 0 Å². The number of nitrogens with one attached hydrogen (secondary N) is 1. The maximum Gasteiger partial charge on any atom is 0.325 e.